The Kier molecular flexibility index (Phi) is 7.28. The minimum atomic E-state index is -1.02. The van der Waals surface area contributed by atoms with Gasteiger partial charge in [0.1, 0.15) is 29.7 Å². The number of fused-ring (bicyclic) bond motifs is 4. The third-order valence-electron chi connectivity index (χ3n) is 10.4. The lowest BCUT2D eigenvalue weighted by Gasteiger charge is -2.39. The van der Waals surface area contributed by atoms with Crippen LogP contribution in [0.25, 0.3) is 27.0 Å². The molecule has 4 fully saturated rings. The summed E-state index contributed by atoms with van der Waals surface area (Å²) in [5.41, 5.74) is 5.35. The van der Waals surface area contributed by atoms with Crippen molar-refractivity contribution in [3.63, 3.8) is 0 Å². The molecule has 3 aliphatic carbocycles. The number of piperazine rings is 1. The molecule has 1 aromatic carbocycles. The molecule has 10 nitrogen and oxygen atoms in total. The molecule has 238 valence electrons. The smallest absolute Gasteiger partial charge is 0.319 e. The largest absolute Gasteiger partial charge is 0.486 e. The maximum Gasteiger partial charge on any atom is 0.319 e. The molecule has 0 bridgehead atoms. The van der Waals surface area contributed by atoms with E-state index in [4.69, 9.17) is 31.0 Å². The Morgan fingerprint density at radius 1 is 1.17 bits per heavy atom. The van der Waals surface area contributed by atoms with Gasteiger partial charge in [-0.1, -0.05) is 24.8 Å². The number of benzene rings is 1. The number of rotatable bonds is 9. The normalized spacial score (nSPS) is 25.2. The van der Waals surface area contributed by atoms with E-state index in [1.807, 2.05) is 11.1 Å². The van der Waals surface area contributed by atoms with Crippen LogP contribution in [0.2, 0.25) is 0 Å². The molecule has 2 aliphatic heterocycles. The Morgan fingerprint density at radius 3 is 2.80 bits per heavy atom. The van der Waals surface area contributed by atoms with Crippen molar-refractivity contribution in [2.45, 2.75) is 62.6 Å². The zero-order chi connectivity index (χ0) is 31.5. The Balaban J connectivity index is 1.23. The Bertz CT molecular complexity index is 1770. The quantitative estimate of drug-likeness (QED) is 0.249. The number of pyridine rings is 1. The fraction of sp³-hybridized carbons (Fsp3) is 0.514. The number of ether oxygens (including phenoxy) is 2. The number of likely N-dealkylation sites (tertiary alicyclic amines) is 1. The molecule has 5 aliphatic rings. The van der Waals surface area contributed by atoms with Crippen LogP contribution >= 0.6 is 0 Å². The van der Waals surface area contributed by atoms with Gasteiger partial charge in [0.15, 0.2) is 11.6 Å². The van der Waals surface area contributed by atoms with Gasteiger partial charge in [0, 0.05) is 37.4 Å². The predicted molar refractivity (Wildman–Crippen MR) is 172 cm³/mol. The van der Waals surface area contributed by atoms with Crippen molar-refractivity contribution in [2.24, 2.45) is 5.92 Å². The maximum absolute atomic E-state index is 13.9. The minimum Gasteiger partial charge on any atom is -0.486 e. The van der Waals surface area contributed by atoms with Crippen LogP contribution in [0.3, 0.4) is 0 Å². The number of anilines is 1. The lowest BCUT2D eigenvalue weighted by molar-refractivity contribution is -0.131. The van der Waals surface area contributed by atoms with Crippen LogP contribution < -0.4 is 14.4 Å². The lowest BCUT2D eigenvalue weighted by Crippen LogP contribution is -2.56. The van der Waals surface area contributed by atoms with Gasteiger partial charge in [0.25, 0.3) is 5.91 Å². The van der Waals surface area contributed by atoms with Crippen molar-refractivity contribution >= 4 is 22.6 Å². The van der Waals surface area contributed by atoms with E-state index in [9.17, 15) is 9.18 Å². The number of carbonyl (C=O) groups excluding carboxylic acids is 1. The molecular formula is C35H38FN7O3. The maximum atomic E-state index is 13.9. The number of aromatic nitrogens is 3. The zero-order valence-electron chi connectivity index (χ0n) is 26.1. The van der Waals surface area contributed by atoms with Crippen LogP contribution in [-0.2, 0) is 11.2 Å². The molecule has 1 amide bonds. The summed E-state index contributed by atoms with van der Waals surface area (Å²) in [6.45, 7) is 13.2. The van der Waals surface area contributed by atoms with Gasteiger partial charge in [0.05, 0.1) is 11.5 Å². The van der Waals surface area contributed by atoms with Gasteiger partial charge < -0.3 is 29.0 Å². The molecule has 0 N–H and O–H groups in total. The third kappa shape index (κ3) is 5.22. The van der Waals surface area contributed by atoms with E-state index in [-0.39, 0.29) is 31.2 Å². The Hall–Kier alpha value is -4.30. The highest BCUT2D eigenvalue weighted by Gasteiger charge is 2.46. The summed E-state index contributed by atoms with van der Waals surface area (Å²) in [5, 5.41) is 0.719. The van der Waals surface area contributed by atoms with E-state index in [2.05, 4.69) is 41.6 Å². The fourth-order valence-corrected chi connectivity index (χ4v) is 7.60. The van der Waals surface area contributed by atoms with E-state index in [0.717, 1.165) is 61.2 Å². The highest BCUT2D eigenvalue weighted by Crippen LogP contribution is 2.58. The molecule has 46 heavy (non-hydrogen) atoms. The number of likely N-dealkylation sites (N-methyl/N-ethyl adjacent to an activating group) is 1. The molecular weight excluding hydrogens is 585 g/mol. The van der Waals surface area contributed by atoms with Gasteiger partial charge >= 0.3 is 6.01 Å². The zero-order valence-corrected chi connectivity index (χ0v) is 26.1. The van der Waals surface area contributed by atoms with Crippen LogP contribution in [0, 0.1) is 12.5 Å². The number of hydrogen-bond donors (Lipinski definition) is 0. The summed E-state index contributed by atoms with van der Waals surface area (Å²) in [7, 11) is 2.11. The van der Waals surface area contributed by atoms with E-state index >= 15 is 0 Å². The molecule has 0 unspecified atom stereocenters. The van der Waals surface area contributed by atoms with Gasteiger partial charge in [-0.05, 0) is 75.1 Å². The Morgan fingerprint density at radius 2 is 2.04 bits per heavy atom. The summed E-state index contributed by atoms with van der Waals surface area (Å²) in [6.07, 6.45) is 8.42. The van der Waals surface area contributed by atoms with Crippen LogP contribution in [0.1, 0.15) is 49.1 Å². The van der Waals surface area contributed by atoms with Crippen LogP contribution in [0.4, 0.5) is 10.2 Å². The second-order valence-corrected chi connectivity index (χ2v) is 13.5. The van der Waals surface area contributed by atoms with Crippen LogP contribution in [-0.4, -0.2) is 95.2 Å². The van der Waals surface area contributed by atoms with Crippen molar-refractivity contribution < 1.29 is 18.7 Å². The second-order valence-electron chi connectivity index (χ2n) is 13.5. The first-order valence-corrected chi connectivity index (χ1v) is 16.5. The first-order chi connectivity index (χ1) is 22.4. The first-order valence-electron chi connectivity index (χ1n) is 16.5. The first kappa shape index (κ1) is 29.1. The van der Waals surface area contributed by atoms with E-state index in [0.29, 0.717) is 42.7 Å². The molecule has 11 heteroatoms. The second kappa shape index (κ2) is 11.5. The van der Waals surface area contributed by atoms with Gasteiger partial charge in [-0.15, -0.1) is 0 Å². The molecule has 0 spiro atoms. The van der Waals surface area contributed by atoms with Crippen molar-refractivity contribution in [3.8, 4) is 23.0 Å². The molecule has 4 heterocycles. The molecule has 2 aromatic heterocycles. The van der Waals surface area contributed by atoms with E-state index in [1.54, 1.807) is 0 Å². The topological polar surface area (TPSA) is 88.3 Å². The molecule has 0 radical (unpaired) electrons. The van der Waals surface area contributed by atoms with Gasteiger partial charge in [-0.3, -0.25) is 9.78 Å². The SMILES string of the molecule is [C-]#[N+]C[C@H]1CN(c2nc(OC[C@@H]3CCCN3C)nc3c(OC4CC4)c(-c4cccc5c4C[C@@H]4C[C@H]54)ncc23)CCN1C(=O)C(=C)F. The lowest BCUT2D eigenvalue weighted by atomic mass is 9.96. The van der Waals surface area contributed by atoms with Crippen molar-refractivity contribution in [2.75, 3.05) is 51.3 Å². The standard InChI is InChI=1S/C35H38FN7O3/c1-20(36)34(44)43-13-12-42(18-23(43)16-37-2)33-29-17-38-30(26-8-4-7-25-27-14-21(27)15-28(25)26)32(46-24-9-10-24)31(29)39-35(40-33)45-19-22-6-5-11-41(22)3/h4,7-8,17,21-24,27H,1,5-6,9-16,18-19H2,3H3/t21-,22-,23-,27-/m0/s1. The highest BCUT2D eigenvalue weighted by atomic mass is 19.1. The molecule has 2 saturated carbocycles. The number of hydrogen-bond acceptors (Lipinski definition) is 8. The summed E-state index contributed by atoms with van der Waals surface area (Å²) in [4.78, 5) is 36.9. The summed E-state index contributed by atoms with van der Waals surface area (Å²) >= 11 is 0. The summed E-state index contributed by atoms with van der Waals surface area (Å²) in [6, 6.07) is 6.55. The fourth-order valence-electron chi connectivity index (χ4n) is 7.60. The molecule has 4 atom stereocenters. The minimum absolute atomic E-state index is 0.0372. The summed E-state index contributed by atoms with van der Waals surface area (Å²) < 4.78 is 26.9. The predicted octanol–water partition coefficient (Wildman–Crippen LogP) is 4.79. The summed E-state index contributed by atoms with van der Waals surface area (Å²) in [5.74, 6) is 0.864. The average molecular weight is 624 g/mol. The van der Waals surface area contributed by atoms with Crippen molar-refractivity contribution in [3.05, 3.63) is 59.3 Å². The van der Waals surface area contributed by atoms with E-state index in [1.165, 1.54) is 22.4 Å². The van der Waals surface area contributed by atoms with Crippen molar-refractivity contribution in [1.82, 2.24) is 24.8 Å². The molecule has 3 aromatic rings. The Labute approximate surface area is 268 Å². The third-order valence-corrected chi connectivity index (χ3v) is 10.4. The van der Waals surface area contributed by atoms with Gasteiger partial charge in [-0.2, -0.15) is 9.97 Å². The molecule has 2 saturated heterocycles. The van der Waals surface area contributed by atoms with Crippen LogP contribution in [0.5, 0.6) is 11.8 Å². The highest BCUT2D eigenvalue weighted by molar-refractivity contribution is 5.97. The number of amides is 1. The number of carbonyl (C=O) groups is 1. The number of halogens is 1. The molecule has 8 rings (SSSR count). The average Bonchev–Trinajstić information content (AvgIpc) is 3.97. The van der Waals surface area contributed by atoms with Crippen molar-refractivity contribution in [1.29, 1.82) is 0 Å². The monoisotopic (exact) mass is 623 g/mol. The number of nitrogens with zero attached hydrogens (tertiary/aromatic N) is 7. The van der Waals surface area contributed by atoms with E-state index < -0.39 is 17.8 Å². The van der Waals surface area contributed by atoms with Crippen LogP contribution in [0.15, 0.2) is 36.8 Å². The van der Waals surface area contributed by atoms with Gasteiger partial charge in [-0.25, -0.2) is 11.0 Å². The van der Waals surface area contributed by atoms with Gasteiger partial charge in [0.2, 0.25) is 6.54 Å².